The molecular weight excluding hydrogens is 258 g/mol. The maximum Gasteiger partial charge on any atom is 0.335 e. The lowest BCUT2D eigenvalue weighted by molar-refractivity contribution is 0.0697. The van der Waals surface area contributed by atoms with Gasteiger partial charge in [0.1, 0.15) is 0 Å². The topological polar surface area (TPSA) is 84.2 Å². The Bertz CT molecular complexity index is 702. The van der Waals surface area contributed by atoms with Gasteiger partial charge in [-0.3, -0.25) is 4.79 Å². The minimum Gasteiger partial charge on any atom is -0.478 e. The van der Waals surface area contributed by atoms with Crippen LogP contribution < -0.4 is 10.9 Å². The second kappa shape index (κ2) is 4.80. The van der Waals surface area contributed by atoms with Gasteiger partial charge in [-0.2, -0.15) is 0 Å². The van der Waals surface area contributed by atoms with Crippen LogP contribution in [0.25, 0.3) is 0 Å². The Hall–Kier alpha value is -2.63. The van der Waals surface area contributed by atoms with Gasteiger partial charge in [-0.1, -0.05) is 0 Å². The van der Waals surface area contributed by atoms with E-state index in [9.17, 15) is 9.59 Å². The van der Waals surface area contributed by atoms with Crippen LogP contribution in [0.5, 0.6) is 0 Å². The standard InChI is InChI=1S/C14H13N3O3/c18-13-12(15-7-8-17(13)11-5-6-11)16-10-3-1-9(2-4-10)14(19)20/h1-4,7-8,11H,5-6H2,(H,15,16)(H,19,20). The Morgan fingerprint density at radius 3 is 2.60 bits per heavy atom. The zero-order valence-corrected chi connectivity index (χ0v) is 10.6. The number of benzene rings is 1. The SMILES string of the molecule is O=C(O)c1ccc(Nc2nccn(C3CC3)c2=O)cc1. The Labute approximate surface area is 114 Å². The van der Waals surface area contributed by atoms with E-state index in [0.29, 0.717) is 11.7 Å². The van der Waals surface area contributed by atoms with E-state index in [1.165, 1.54) is 12.1 Å². The molecule has 1 aliphatic carbocycles. The maximum absolute atomic E-state index is 12.2. The van der Waals surface area contributed by atoms with Crippen LogP contribution in [0.2, 0.25) is 0 Å². The summed E-state index contributed by atoms with van der Waals surface area (Å²) in [5.74, 6) is -0.729. The van der Waals surface area contributed by atoms with Crippen LogP contribution in [-0.4, -0.2) is 20.6 Å². The van der Waals surface area contributed by atoms with Gasteiger partial charge in [0.05, 0.1) is 5.56 Å². The van der Waals surface area contributed by atoms with Crippen LogP contribution >= 0.6 is 0 Å². The Morgan fingerprint density at radius 2 is 2.00 bits per heavy atom. The predicted octanol–water partition coefficient (Wildman–Crippen LogP) is 2.02. The average molecular weight is 271 g/mol. The number of nitrogens with zero attached hydrogens (tertiary/aromatic N) is 2. The highest BCUT2D eigenvalue weighted by atomic mass is 16.4. The molecule has 0 unspecified atom stereocenters. The van der Waals surface area contributed by atoms with E-state index in [1.54, 1.807) is 29.1 Å². The van der Waals surface area contributed by atoms with Crippen molar-refractivity contribution in [1.82, 2.24) is 9.55 Å². The summed E-state index contributed by atoms with van der Waals surface area (Å²) in [6, 6.07) is 6.47. The first kappa shape index (κ1) is 12.4. The van der Waals surface area contributed by atoms with Crippen molar-refractivity contribution in [3.8, 4) is 0 Å². The molecule has 0 saturated heterocycles. The summed E-state index contributed by atoms with van der Waals surface area (Å²) < 4.78 is 1.68. The minimum absolute atomic E-state index is 0.155. The first-order valence-electron chi connectivity index (χ1n) is 6.32. The molecule has 1 heterocycles. The lowest BCUT2D eigenvalue weighted by Gasteiger charge is -2.08. The molecule has 1 fully saturated rings. The van der Waals surface area contributed by atoms with Gasteiger partial charge >= 0.3 is 5.97 Å². The van der Waals surface area contributed by atoms with Crippen molar-refractivity contribution in [2.24, 2.45) is 0 Å². The van der Waals surface area contributed by atoms with Gasteiger partial charge in [0.25, 0.3) is 5.56 Å². The number of carboxylic acids is 1. The molecule has 6 heteroatoms. The van der Waals surface area contributed by atoms with Gasteiger partial charge in [0.2, 0.25) is 0 Å². The van der Waals surface area contributed by atoms with Crippen LogP contribution in [0.4, 0.5) is 11.5 Å². The Kier molecular flexibility index (Phi) is 2.98. The van der Waals surface area contributed by atoms with Gasteiger partial charge in [0, 0.05) is 24.1 Å². The van der Waals surface area contributed by atoms with Gasteiger partial charge in [-0.15, -0.1) is 0 Å². The first-order chi connectivity index (χ1) is 9.65. The Balaban J connectivity index is 1.85. The molecule has 0 spiro atoms. The normalized spacial score (nSPS) is 14.0. The van der Waals surface area contributed by atoms with E-state index in [-0.39, 0.29) is 16.9 Å². The van der Waals surface area contributed by atoms with Crippen LogP contribution in [0.15, 0.2) is 41.5 Å². The van der Waals surface area contributed by atoms with Crippen LogP contribution in [0.1, 0.15) is 29.2 Å². The average Bonchev–Trinajstić information content (AvgIpc) is 3.26. The summed E-state index contributed by atoms with van der Waals surface area (Å²) in [5, 5.41) is 11.8. The number of hydrogen-bond acceptors (Lipinski definition) is 4. The molecule has 0 atom stereocenters. The molecule has 6 nitrogen and oxygen atoms in total. The molecule has 0 amide bonds. The molecule has 102 valence electrons. The van der Waals surface area contributed by atoms with Crippen molar-refractivity contribution in [2.45, 2.75) is 18.9 Å². The van der Waals surface area contributed by atoms with Gasteiger partial charge < -0.3 is 15.0 Å². The summed E-state index contributed by atoms with van der Waals surface area (Å²) in [6.45, 7) is 0. The second-order valence-electron chi connectivity index (χ2n) is 4.73. The number of carboxylic acid groups (broad SMARTS) is 1. The van der Waals surface area contributed by atoms with Crippen molar-refractivity contribution >= 4 is 17.5 Å². The van der Waals surface area contributed by atoms with Crippen molar-refractivity contribution in [3.05, 3.63) is 52.6 Å². The summed E-state index contributed by atoms with van der Waals surface area (Å²) in [6.07, 6.45) is 5.33. The highest BCUT2D eigenvalue weighted by Gasteiger charge is 2.25. The van der Waals surface area contributed by atoms with Crippen LogP contribution in [0.3, 0.4) is 0 Å². The van der Waals surface area contributed by atoms with E-state index < -0.39 is 5.97 Å². The van der Waals surface area contributed by atoms with E-state index in [2.05, 4.69) is 10.3 Å². The summed E-state index contributed by atoms with van der Waals surface area (Å²) >= 11 is 0. The monoisotopic (exact) mass is 271 g/mol. The molecule has 1 saturated carbocycles. The number of carbonyl (C=O) groups is 1. The molecule has 20 heavy (non-hydrogen) atoms. The van der Waals surface area contributed by atoms with E-state index >= 15 is 0 Å². The third-order valence-corrected chi connectivity index (χ3v) is 3.20. The number of aromatic carboxylic acids is 1. The minimum atomic E-state index is -0.981. The van der Waals surface area contributed by atoms with Gasteiger partial charge in [-0.25, -0.2) is 9.78 Å². The summed E-state index contributed by atoms with van der Waals surface area (Å²) in [7, 11) is 0. The molecule has 1 aromatic heterocycles. The first-order valence-corrected chi connectivity index (χ1v) is 6.32. The Morgan fingerprint density at radius 1 is 1.30 bits per heavy atom. The molecule has 2 aromatic rings. The zero-order valence-electron chi connectivity index (χ0n) is 10.6. The second-order valence-corrected chi connectivity index (χ2v) is 4.73. The molecular formula is C14H13N3O3. The molecule has 0 bridgehead atoms. The van der Waals surface area contributed by atoms with E-state index in [1.807, 2.05) is 0 Å². The van der Waals surface area contributed by atoms with E-state index in [0.717, 1.165) is 12.8 Å². The zero-order chi connectivity index (χ0) is 14.1. The molecule has 1 aliphatic rings. The largest absolute Gasteiger partial charge is 0.478 e. The molecule has 1 aromatic carbocycles. The predicted molar refractivity (Wildman–Crippen MR) is 73.5 cm³/mol. The number of rotatable bonds is 4. The third kappa shape index (κ3) is 2.40. The number of nitrogens with one attached hydrogen (secondary N) is 1. The highest BCUT2D eigenvalue weighted by Crippen LogP contribution is 2.33. The molecule has 3 rings (SSSR count). The quantitative estimate of drug-likeness (QED) is 0.888. The lowest BCUT2D eigenvalue weighted by Crippen LogP contribution is -2.22. The third-order valence-electron chi connectivity index (χ3n) is 3.20. The molecule has 0 aliphatic heterocycles. The van der Waals surface area contributed by atoms with E-state index in [4.69, 9.17) is 5.11 Å². The number of anilines is 2. The van der Waals surface area contributed by atoms with Gasteiger partial charge in [0.15, 0.2) is 5.82 Å². The van der Waals surface area contributed by atoms with Crippen molar-refractivity contribution in [3.63, 3.8) is 0 Å². The number of aromatic nitrogens is 2. The van der Waals surface area contributed by atoms with Crippen LogP contribution in [-0.2, 0) is 0 Å². The van der Waals surface area contributed by atoms with Crippen molar-refractivity contribution in [1.29, 1.82) is 0 Å². The van der Waals surface area contributed by atoms with Crippen LogP contribution in [0, 0.1) is 0 Å². The number of hydrogen-bond donors (Lipinski definition) is 2. The lowest BCUT2D eigenvalue weighted by atomic mass is 10.2. The van der Waals surface area contributed by atoms with Crippen molar-refractivity contribution < 1.29 is 9.90 Å². The summed E-state index contributed by atoms with van der Waals surface area (Å²) in [4.78, 5) is 27.0. The molecule has 2 N–H and O–H groups in total. The summed E-state index contributed by atoms with van der Waals surface area (Å²) in [5.41, 5.74) is 0.678. The van der Waals surface area contributed by atoms with Crippen molar-refractivity contribution in [2.75, 3.05) is 5.32 Å². The highest BCUT2D eigenvalue weighted by molar-refractivity contribution is 5.88. The fourth-order valence-corrected chi connectivity index (χ4v) is 1.98. The fourth-order valence-electron chi connectivity index (χ4n) is 1.98. The van der Waals surface area contributed by atoms with Gasteiger partial charge in [-0.05, 0) is 37.1 Å². The fraction of sp³-hybridized carbons (Fsp3) is 0.214. The smallest absolute Gasteiger partial charge is 0.335 e. The maximum atomic E-state index is 12.2. The molecule has 0 radical (unpaired) electrons.